The van der Waals surface area contributed by atoms with Crippen LogP contribution in [-0.4, -0.2) is 31.4 Å². The normalized spacial score (nSPS) is 12.2. The van der Waals surface area contributed by atoms with Crippen LogP contribution in [0, 0.1) is 0 Å². The minimum atomic E-state index is -0.420. The van der Waals surface area contributed by atoms with E-state index in [1.54, 1.807) is 18.2 Å². The maximum atomic E-state index is 12.0. The highest BCUT2D eigenvalue weighted by atomic mass is 16.7. The summed E-state index contributed by atoms with van der Waals surface area (Å²) < 4.78 is 10.4. The highest BCUT2D eigenvalue weighted by Crippen LogP contribution is 2.32. The van der Waals surface area contributed by atoms with Crippen LogP contribution < -0.4 is 20.2 Å². The van der Waals surface area contributed by atoms with E-state index in [0.29, 0.717) is 17.1 Å². The van der Waals surface area contributed by atoms with Crippen molar-refractivity contribution in [3.05, 3.63) is 59.7 Å². The van der Waals surface area contributed by atoms with Crippen molar-refractivity contribution in [1.29, 1.82) is 0 Å². The van der Waals surface area contributed by atoms with Gasteiger partial charge in [0.2, 0.25) is 6.79 Å². The van der Waals surface area contributed by atoms with Gasteiger partial charge < -0.3 is 14.8 Å². The largest absolute Gasteiger partial charge is 0.454 e. The number of fused-ring (bicyclic) bond motifs is 1. The van der Waals surface area contributed by atoms with Gasteiger partial charge in [-0.1, -0.05) is 30.3 Å². The molecule has 0 aromatic heterocycles. The van der Waals surface area contributed by atoms with Gasteiger partial charge in [-0.3, -0.25) is 9.59 Å². The molecule has 0 aliphatic carbocycles. The number of hydrogen-bond acceptors (Lipinski definition) is 5. The van der Waals surface area contributed by atoms with Gasteiger partial charge in [0.05, 0.1) is 12.8 Å². The first kappa shape index (κ1) is 15.5. The maximum absolute atomic E-state index is 12.0. The number of amides is 2. The van der Waals surface area contributed by atoms with Crippen LogP contribution in [0.4, 0.5) is 0 Å². The van der Waals surface area contributed by atoms with Crippen molar-refractivity contribution in [2.24, 2.45) is 5.10 Å². The molecule has 2 aromatic carbocycles. The number of hydrazone groups is 1. The van der Waals surface area contributed by atoms with E-state index in [1.165, 1.54) is 6.21 Å². The van der Waals surface area contributed by atoms with E-state index in [9.17, 15) is 9.59 Å². The van der Waals surface area contributed by atoms with E-state index >= 15 is 0 Å². The summed E-state index contributed by atoms with van der Waals surface area (Å²) in [7, 11) is 0. The molecule has 7 heteroatoms. The van der Waals surface area contributed by atoms with Gasteiger partial charge in [0.15, 0.2) is 11.5 Å². The fourth-order valence-corrected chi connectivity index (χ4v) is 2.06. The molecule has 1 aliphatic heterocycles. The summed E-state index contributed by atoms with van der Waals surface area (Å²) in [5.74, 6) is 0.311. The molecule has 2 aromatic rings. The van der Waals surface area contributed by atoms with Crippen molar-refractivity contribution in [3.63, 3.8) is 0 Å². The van der Waals surface area contributed by atoms with Crippen molar-refractivity contribution in [2.75, 3.05) is 13.3 Å². The minimum Gasteiger partial charge on any atom is -0.454 e. The Labute approximate surface area is 138 Å². The number of nitrogens with one attached hydrogen (secondary N) is 2. The Balaban J connectivity index is 1.47. The average molecular weight is 325 g/mol. The Morgan fingerprint density at radius 3 is 2.71 bits per heavy atom. The molecule has 24 heavy (non-hydrogen) atoms. The Bertz CT molecular complexity index is 775. The second-order valence-corrected chi connectivity index (χ2v) is 4.95. The second-order valence-electron chi connectivity index (χ2n) is 4.95. The van der Waals surface area contributed by atoms with Crippen LogP contribution in [0.3, 0.4) is 0 Å². The van der Waals surface area contributed by atoms with E-state index in [4.69, 9.17) is 9.47 Å². The summed E-state index contributed by atoms with van der Waals surface area (Å²) in [6, 6.07) is 14.2. The summed E-state index contributed by atoms with van der Waals surface area (Å²) in [6.07, 6.45) is 1.53. The predicted octanol–water partition coefficient (Wildman–Crippen LogP) is 1.30. The van der Waals surface area contributed by atoms with Gasteiger partial charge in [-0.15, -0.1) is 0 Å². The van der Waals surface area contributed by atoms with E-state index < -0.39 is 5.91 Å². The van der Waals surface area contributed by atoms with Gasteiger partial charge in [-0.05, 0) is 23.8 Å². The first-order valence-corrected chi connectivity index (χ1v) is 7.27. The molecule has 3 rings (SSSR count). The maximum Gasteiger partial charge on any atom is 0.259 e. The molecule has 0 bridgehead atoms. The molecular formula is C17H15N3O4. The third kappa shape index (κ3) is 3.89. The van der Waals surface area contributed by atoms with Crippen LogP contribution in [0.25, 0.3) is 0 Å². The van der Waals surface area contributed by atoms with Crippen LogP contribution in [-0.2, 0) is 4.79 Å². The summed E-state index contributed by atoms with van der Waals surface area (Å²) in [6.45, 7) is -0.0400. The number of nitrogens with zero attached hydrogens (tertiary/aromatic N) is 1. The molecule has 1 aliphatic rings. The molecule has 122 valence electrons. The highest BCUT2D eigenvalue weighted by molar-refractivity contribution is 5.97. The second kappa shape index (κ2) is 7.28. The lowest BCUT2D eigenvalue weighted by atomic mass is 10.2. The molecule has 0 saturated carbocycles. The number of benzene rings is 2. The topological polar surface area (TPSA) is 89.0 Å². The van der Waals surface area contributed by atoms with Crippen molar-refractivity contribution in [3.8, 4) is 11.5 Å². The summed E-state index contributed by atoms with van der Waals surface area (Å²) in [5, 5.41) is 6.34. The Morgan fingerprint density at radius 2 is 1.88 bits per heavy atom. The van der Waals surface area contributed by atoms with Crippen LogP contribution >= 0.6 is 0 Å². The zero-order valence-electron chi connectivity index (χ0n) is 12.7. The Morgan fingerprint density at radius 1 is 1.08 bits per heavy atom. The van der Waals surface area contributed by atoms with E-state index in [0.717, 1.165) is 5.56 Å². The van der Waals surface area contributed by atoms with Crippen LogP contribution in [0.1, 0.15) is 15.9 Å². The summed E-state index contributed by atoms with van der Waals surface area (Å²) >= 11 is 0. The molecule has 2 N–H and O–H groups in total. The van der Waals surface area contributed by atoms with E-state index in [2.05, 4.69) is 15.8 Å². The van der Waals surface area contributed by atoms with Crippen LogP contribution in [0.5, 0.6) is 11.5 Å². The Hall–Kier alpha value is -3.35. The minimum absolute atomic E-state index is 0.141. The third-order valence-corrected chi connectivity index (χ3v) is 3.25. The SMILES string of the molecule is O=C(CNC(=O)c1ccc2c(c1)OCO2)N/N=C\c1ccccc1. The number of carbonyl (C=O) groups is 2. The lowest BCUT2D eigenvalue weighted by Gasteiger charge is -2.05. The fourth-order valence-electron chi connectivity index (χ4n) is 2.06. The average Bonchev–Trinajstić information content (AvgIpc) is 3.08. The van der Waals surface area contributed by atoms with E-state index in [1.807, 2.05) is 30.3 Å². The van der Waals surface area contributed by atoms with Gasteiger partial charge in [0.1, 0.15) is 0 Å². The lowest BCUT2D eigenvalue weighted by molar-refractivity contribution is -0.120. The number of rotatable bonds is 5. The third-order valence-electron chi connectivity index (χ3n) is 3.25. The molecule has 0 saturated heterocycles. The zero-order valence-corrected chi connectivity index (χ0v) is 12.7. The fraction of sp³-hybridized carbons (Fsp3) is 0.118. The van der Waals surface area contributed by atoms with Crippen molar-refractivity contribution in [2.45, 2.75) is 0 Å². The van der Waals surface area contributed by atoms with Crippen molar-refractivity contribution >= 4 is 18.0 Å². The number of hydrogen-bond donors (Lipinski definition) is 2. The monoisotopic (exact) mass is 325 g/mol. The smallest absolute Gasteiger partial charge is 0.259 e. The molecular weight excluding hydrogens is 310 g/mol. The quantitative estimate of drug-likeness (QED) is 0.640. The predicted molar refractivity (Wildman–Crippen MR) is 87.1 cm³/mol. The zero-order chi connectivity index (χ0) is 16.8. The Kier molecular flexibility index (Phi) is 4.71. The number of carbonyl (C=O) groups excluding carboxylic acids is 2. The van der Waals surface area contributed by atoms with Gasteiger partial charge in [0.25, 0.3) is 11.8 Å². The molecule has 2 amide bonds. The highest BCUT2D eigenvalue weighted by Gasteiger charge is 2.16. The standard InChI is InChI=1S/C17H15N3O4/c21-16(20-19-9-12-4-2-1-3-5-12)10-18-17(22)13-6-7-14-15(8-13)24-11-23-14/h1-9H,10-11H2,(H,18,22)(H,20,21)/b19-9-. The molecule has 0 atom stereocenters. The first-order chi connectivity index (χ1) is 11.7. The summed E-state index contributed by atoms with van der Waals surface area (Å²) in [5.41, 5.74) is 3.60. The lowest BCUT2D eigenvalue weighted by Crippen LogP contribution is -2.34. The molecule has 0 spiro atoms. The summed E-state index contributed by atoms with van der Waals surface area (Å²) in [4.78, 5) is 23.7. The molecule has 0 fully saturated rings. The molecule has 1 heterocycles. The molecule has 7 nitrogen and oxygen atoms in total. The number of ether oxygens (including phenoxy) is 2. The van der Waals surface area contributed by atoms with Gasteiger partial charge in [-0.25, -0.2) is 5.43 Å². The van der Waals surface area contributed by atoms with E-state index in [-0.39, 0.29) is 19.2 Å². The van der Waals surface area contributed by atoms with Gasteiger partial charge in [0, 0.05) is 5.56 Å². The molecule has 0 radical (unpaired) electrons. The first-order valence-electron chi connectivity index (χ1n) is 7.27. The van der Waals surface area contributed by atoms with Gasteiger partial charge >= 0.3 is 0 Å². The molecule has 0 unspecified atom stereocenters. The van der Waals surface area contributed by atoms with Crippen molar-refractivity contribution < 1.29 is 19.1 Å². The van der Waals surface area contributed by atoms with Crippen LogP contribution in [0.2, 0.25) is 0 Å². The van der Waals surface area contributed by atoms with Gasteiger partial charge in [-0.2, -0.15) is 5.10 Å². The van der Waals surface area contributed by atoms with Crippen LogP contribution in [0.15, 0.2) is 53.6 Å². The van der Waals surface area contributed by atoms with Crippen molar-refractivity contribution in [1.82, 2.24) is 10.7 Å².